The maximum Gasteiger partial charge on any atom is 0.182 e. The van der Waals surface area contributed by atoms with Gasteiger partial charge in [0, 0.05) is 26.9 Å². The van der Waals surface area contributed by atoms with E-state index in [2.05, 4.69) is 49.9 Å². The molecule has 0 aliphatic carbocycles. The molecule has 7 heteroatoms. The summed E-state index contributed by atoms with van der Waals surface area (Å²) < 4.78 is 7.96. The number of anilines is 1. The average Bonchev–Trinajstić information content (AvgIpc) is 2.86. The third-order valence-electron chi connectivity index (χ3n) is 2.69. The molecule has 20 heavy (non-hydrogen) atoms. The minimum absolute atomic E-state index is 0.460. The Morgan fingerprint density at radius 1 is 1.40 bits per heavy atom. The standard InChI is InChI=1S/C13H18IN5O/c1-4-6-15-13-11(14)10(8-20-3)16-12(17-13)9-5-7-19(2)18-9/h5,7H,4,6,8H2,1-3H3,(H,15,16,17). The minimum Gasteiger partial charge on any atom is -0.378 e. The lowest BCUT2D eigenvalue weighted by molar-refractivity contribution is 0.181. The highest BCUT2D eigenvalue weighted by molar-refractivity contribution is 14.1. The van der Waals surface area contributed by atoms with E-state index < -0.39 is 0 Å². The van der Waals surface area contributed by atoms with Gasteiger partial charge in [-0.05, 0) is 35.1 Å². The smallest absolute Gasteiger partial charge is 0.182 e. The molecular formula is C13H18IN5O. The summed E-state index contributed by atoms with van der Waals surface area (Å²) in [6, 6.07) is 1.91. The fourth-order valence-electron chi connectivity index (χ4n) is 1.74. The van der Waals surface area contributed by atoms with E-state index >= 15 is 0 Å². The Kier molecular flexibility index (Phi) is 5.30. The first-order chi connectivity index (χ1) is 9.65. The molecule has 2 rings (SSSR count). The fraction of sp³-hybridized carbons (Fsp3) is 0.462. The summed E-state index contributed by atoms with van der Waals surface area (Å²) in [4.78, 5) is 9.13. The average molecular weight is 387 g/mol. The van der Waals surface area contributed by atoms with Crippen LogP contribution >= 0.6 is 22.6 Å². The van der Waals surface area contributed by atoms with E-state index in [1.807, 2.05) is 19.3 Å². The predicted molar refractivity (Wildman–Crippen MR) is 86.4 cm³/mol. The number of rotatable bonds is 6. The van der Waals surface area contributed by atoms with E-state index in [0.717, 1.165) is 33.7 Å². The molecule has 0 radical (unpaired) electrons. The highest BCUT2D eigenvalue weighted by Gasteiger charge is 2.14. The molecule has 0 bridgehead atoms. The van der Waals surface area contributed by atoms with Crippen molar-refractivity contribution in [2.24, 2.45) is 7.05 Å². The highest BCUT2D eigenvalue weighted by atomic mass is 127. The van der Waals surface area contributed by atoms with Crippen LogP contribution in [0.2, 0.25) is 0 Å². The summed E-state index contributed by atoms with van der Waals surface area (Å²) in [6.45, 7) is 3.46. The molecule has 0 aliphatic heterocycles. The van der Waals surface area contributed by atoms with Gasteiger partial charge in [0.1, 0.15) is 11.5 Å². The van der Waals surface area contributed by atoms with Gasteiger partial charge in [0.15, 0.2) is 5.82 Å². The fourth-order valence-corrected chi connectivity index (χ4v) is 2.32. The molecular weight excluding hydrogens is 369 g/mol. The van der Waals surface area contributed by atoms with Crippen LogP contribution in [0.5, 0.6) is 0 Å². The van der Waals surface area contributed by atoms with Gasteiger partial charge in [-0.25, -0.2) is 9.97 Å². The molecule has 0 aromatic carbocycles. The van der Waals surface area contributed by atoms with Crippen LogP contribution in [0.15, 0.2) is 12.3 Å². The molecule has 2 heterocycles. The van der Waals surface area contributed by atoms with E-state index in [1.54, 1.807) is 11.8 Å². The number of ether oxygens (including phenoxy) is 1. The monoisotopic (exact) mass is 387 g/mol. The van der Waals surface area contributed by atoms with Gasteiger partial charge in [0.25, 0.3) is 0 Å². The zero-order chi connectivity index (χ0) is 14.5. The second-order valence-corrected chi connectivity index (χ2v) is 5.47. The zero-order valence-electron chi connectivity index (χ0n) is 11.9. The van der Waals surface area contributed by atoms with Crippen LogP contribution < -0.4 is 5.32 Å². The molecule has 0 saturated carbocycles. The Morgan fingerprint density at radius 3 is 2.80 bits per heavy atom. The number of hydrogen-bond acceptors (Lipinski definition) is 5. The van der Waals surface area contributed by atoms with Gasteiger partial charge >= 0.3 is 0 Å². The molecule has 108 valence electrons. The Bertz CT molecular complexity index is 584. The Hall–Kier alpha value is -1.22. The largest absolute Gasteiger partial charge is 0.378 e. The molecule has 1 N–H and O–H groups in total. The molecule has 2 aromatic rings. The molecule has 0 spiro atoms. The zero-order valence-corrected chi connectivity index (χ0v) is 14.0. The van der Waals surface area contributed by atoms with E-state index in [4.69, 9.17) is 4.74 Å². The number of nitrogens with one attached hydrogen (secondary N) is 1. The number of aromatic nitrogens is 4. The van der Waals surface area contributed by atoms with Crippen LogP contribution in [-0.4, -0.2) is 33.4 Å². The van der Waals surface area contributed by atoms with Crippen molar-refractivity contribution in [2.45, 2.75) is 20.0 Å². The maximum absolute atomic E-state index is 5.22. The van der Waals surface area contributed by atoms with Crippen LogP contribution in [0.1, 0.15) is 19.0 Å². The van der Waals surface area contributed by atoms with Gasteiger partial charge in [-0.15, -0.1) is 0 Å². The maximum atomic E-state index is 5.22. The lowest BCUT2D eigenvalue weighted by Crippen LogP contribution is -2.10. The van der Waals surface area contributed by atoms with Gasteiger partial charge in [-0.1, -0.05) is 6.92 Å². The number of aryl methyl sites for hydroxylation is 1. The lowest BCUT2D eigenvalue weighted by atomic mass is 10.3. The first-order valence-electron chi connectivity index (χ1n) is 6.45. The number of halogens is 1. The van der Waals surface area contributed by atoms with Gasteiger partial charge in [-0.3, -0.25) is 4.68 Å². The van der Waals surface area contributed by atoms with Crippen molar-refractivity contribution in [1.29, 1.82) is 0 Å². The van der Waals surface area contributed by atoms with E-state index in [0.29, 0.717) is 12.4 Å². The summed E-state index contributed by atoms with van der Waals surface area (Å²) in [7, 11) is 3.54. The van der Waals surface area contributed by atoms with E-state index in [9.17, 15) is 0 Å². The molecule has 0 unspecified atom stereocenters. The lowest BCUT2D eigenvalue weighted by Gasteiger charge is -2.11. The highest BCUT2D eigenvalue weighted by Crippen LogP contribution is 2.23. The first kappa shape index (κ1) is 15.2. The van der Waals surface area contributed by atoms with Crippen molar-refractivity contribution in [2.75, 3.05) is 19.0 Å². The molecule has 0 fully saturated rings. The Balaban J connectivity index is 2.43. The van der Waals surface area contributed by atoms with Gasteiger partial charge in [0.05, 0.1) is 15.9 Å². The van der Waals surface area contributed by atoms with Crippen molar-refractivity contribution < 1.29 is 4.74 Å². The van der Waals surface area contributed by atoms with Gasteiger partial charge in [-0.2, -0.15) is 5.10 Å². The topological polar surface area (TPSA) is 64.9 Å². The molecule has 6 nitrogen and oxygen atoms in total. The predicted octanol–water partition coefficient (Wildman–Crippen LogP) is 2.45. The first-order valence-corrected chi connectivity index (χ1v) is 7.52. The van der Waals surface area contributed by atoms with Crippen LogP contribution in [0, 0.1) is 3.57 Å². The summed E-state index contributed by atoms with van der Waals surface area (Å²) in [5.41, 5.74) is 1.64. The van der Waals surface area contributed by atoms with Crippen molar-refractivity contribution in [3.05, 3.63) is 21.5 Å². The molecule has 2 aromatic heterocycles. The normalized spacial score (nSPS) is 10.8. The SMILES string of the molecule is CCCNc1nc(-c2ccn(C)n2)nc(COC)c1I. The third-order valence-corrected chi connectivity index (χ3v) is 3.82. The van der Waals surface area contributed by atoms with Crippen molar-refractivity contribution >= 4 is 28.4 Å². The van der Waals surface area contributed by atoms with Crippen LogP contribution in [0.25, 0.3) is 11.5 Å². The van der Waals surface area contributed by atoms with Gasteiger partial charge in [0.2, 0.25) is 0 Å². The van der Waals surface area contributed by atoms with Crippen LogP contribution in [0.3, 0.4) is 0 Å². The summed E-state index contributed by atoms with van der Waals surface area (Å²) in [5, 5.41) is 7.68. The summed E-state index contributed by atoms with van der Waals surface area (Å²) in [5.74, 6) is 1.46. The van der Waals surface area contributed by atoms with Crippen LogP contribution in [-0.2, 0) is 18.4 Å². The molecule has 0 atom stereocenters. The second kappa shape index (κ2) is 6.98. The Morgan fingerprint density at radius 2 is 2.20 bits per heavy atom. The minimum atomic E-state index is 0.460. The van der Waals surface area contributed by atoms with E-state index in [-0.39, 0.29) is 0 Å². The van der Waals surface area contributed by atoms with Crippen molar-refractivity contribution in [1.82, 2.24) is 19.7 Å². The molecule has 0 amide bonds. The summed E-state index contributed by atoms with van der Waals surface area (Å²) in [6.07, 6.45) is 2.92. The number of methoxy groups -OCH3 is 1. The third kappa shape index (κ3) is 3.45. The molecule has 0 saturated heterocycles. The molecule has 0 aliphatic rings. The van der Waals surface area contributed by atoms with Crippen LogP contribution in [0.4, 0.5) is 5.82 Å². The van der Waals surface area contributed by atoms with Crippen molar-refractivity contribution in [3.63, 3.8) is 0 Å². The summed E-state index contributed by atoms with van der Waals surface area (Å²) >= 11 is 2.25. The van der Waals surface area contributed by atoms with E-state index in [1.165, 1.54) is 0 Å². The number of nitrogens with zero attached hydrogens (tertiary/aromatic N) is 4. The van der Waals surface area contributed by atoms with Crippen molar-refractivity contribution in [3.8, 4) is 11.5 Å². The number of hydrogen-bond donors (Lipinski definition) is 1. The van der Waals surface area contributed by atoms with Gasteiger partial charge < -0.3 is 10.1 Å². The quantitative estimate of drug-likeness (QED) is 0.772. The second-order valence-electron chi connectivity index (χ2n) is 4.39. The Labute approximate surface area is 132 Å².